The number of rotatable bonds is 6. The molecule has 1 aliphatic carbocycles. The van der Waals surface area contributed by atoms with E-state index in [-0.39, 0.29) is 23.7 Å². The maximum absolute atomic E-state index is 13.3. The normalized spacial score (nSPS) is 18.9. The van der Waals surface area contributed by atoms with Crippen LogP contribution in [0, 0.1) is 11.7 Å². The third-order valence-electron chi connectivity index (χ3n) is 5.71. The summed E-state index contributed by atoms with van der Waals surface area (Å²) in [5, 5.41) is 5.17. The van der Waals surface area contributed by atoms with Crippen molar-refractivity contribution in [3.63, 3.8) is 0 Å². The molecule has 1 saturated carbocycles. The van der Waals surface area contributed by atoms with Crippen LogP contribution >= 0.6 is 23.2 Å². The van der Waals surface area contributed by atoms with E-state index in [1.165, 1.54) is 12.1 Å². The highest BCUT2D eigenvalue weighted by Crippen LogP contribution is 2.29. The first kappa shape index (κ1) is 21.1. The van der Waals surface area contributed by atoms with Gasteiger partial charge in [0.15, 0.2) is 6.10 Å². The molecule has 2 aliphatic rings. The van der Waals surface area contributed by atoms with Gasteiger partial charge in [-0.2, -0.15) is 0 Å². The lowest BCUT2D eigenvalue weighted by molar-refractivity contribution is -0.137. The number of benzene rings is 2. The number of carbonyl (C=O) groups is 1. The molecular formula is C23H23Cl2FN2O2. The molecule has 1 heterocycles. The zero-order chi connectivity index (χ0) is 21.1. The predicted octanol–water partition coefficient (Wildman–Crippen LogP) is 5.84. The molecule has 0 saturated heterocycles. The Morgan fingerprint density at radius 1 is 1.10 bits per heavy atom. The number of oxime groups is 1. The Hall–Kier alpha value is -2.11. The van der Waals surface area contributed by atoms with E-state index in [0.29, 0.717) is 29.6 Å². The monoisotopic (exact) mass is 448 g/mol. The molecule has 0 aromatic heterocycles. The average molecular weight is 449 g/mol. The SMILES string of the molecule is O=C(C1CCCC1)N(Cc1ccc(F)cc1)C[C@H]1CC(c2ccc(Cl)c(Cl)c2)=NO1. The first-order valence-electron chi connectivity index (χ1n) is 10.2. The molecule has 7 heteroatoms. The molecule has 4 rings (SSSR count). The summed E-state index contributed by atoms with van der Waals surface area (Å²) in [7, 11) is 0. The van der Waals surface area contributed by atoms with Gasteiger partial charge in [0.1, 0.15) is 5.82 Å². The fourth-order valence-corrected chi connectivity index (χ4v) is 4.39. The number of carbonyl (C=O) groups excluding carboxylic acids is 1. The smallest absolute Gasteiger partial charge is 0.226 e. The molecular weight excluding hydrogens is 426 g/mol. The van der Waals surface area contributed by atoms with Crippen molar-refractivity contribution in [3.05, 3.63) is 69.5 Å². The Morgan fingerprint density at radius 3 is 2.53 bits per heavy atom. The molecule has 0 unspecified atom stereocenters. The molecule has 30 heavy (non-hydrogen) atoms. The summed E-state index contributed by atoms with van der Waals surface area (Å²) in [4.78, 5) is 20.6. The minimum Gasteiger partial charge on any atom is -0.390 e. The molecule has 0 spiro atoms. The van der Waals surface area contributed by atoms with Crippen LogP contribution in [0.25, 0.3) is 0 Å². The maximum atomic E-state index is 13.3. The van der Waals surface area contributed by atoms with Crippen LogP contribution in [-0.2, 0) is 16.2 Å². The minimum atomic E-state index is -0.286. The van der Waals surface area contributed by atoms with Crippen LogP contribution in [0.4, 0.5) is 4.39 Å². The Morgan fingerprint density at radius 2 is 1.83 bits per heavy atom. The lowest BCUT2D eigenvalue weighted by Crippen LogP contribution is -2.40. The fourth-order valence-electron chi connectivity index (χ4n) is 4.09. The maximum Gasteiger partial charge on any atom is 0.226 e. The summed E-state index contributed by atoms with van der Waals surface area (Å²) in [6.45, 7) is 0.860. The molecule has 1 amide bonds. The zero-order valence-corrected chi connectivity index (χ0v) is 18.0. The average Bonchev–Trinajstić information content (AvgIpc) is 3.43. The van der Waals surface area contributed by atoms with E-state index < -0.39 is 0 Å². The van der Waals surface area contributed by atoms with E-state index in [4.69, 9.17) is 28.0 Å². The topological polar surface area (TPSA) is 41.9 Å². The lowest BCUT2D eigenvalue weighted by atomic mass is 10.0. The molecule has 158 valence electrons. The molecule has 0 N–H and O–H groups in total. The first-order valence-corrected chi connectivity index (χ1v) is 11.0. The molecule has 2 aromatic carbocycles. The van der Waals surface area contributed by atoms with Crippen molar-refractivity contribution in [2.75, 3.05) is 6.54 Å². The second-order valence-corrected chi connectivity index (χ2v) is 8.74. The second kappa shape index (κ2) is 9.36. The number of nitrogens with zero attached hydrogens (tertiary/aromatic N) is 2. The van der Waals surface area contributed by atoms with Crippen molar-refractivity contribution in [1.29, 1.82) is 0 Å². The summed E-state index contributed by atoms with van der Waals surface area (Å²) < 4.78 is 13.3. The van der Waals surface area contributed by atoms with Gasteiger partial charge in [0.2, 0.25) is 5.91 Å². The number of halogens is 3. The molecule has 4 nitrogen and oxygen atoms in total. The molecule has 1 fully saturated rings. The minimum absolute atomic E-state index is 0.0577. The van der Waals surface area contributed by atoms with Crippen molar-refractivity contribution in [2.45, 2.75) is 44.8 Å². The Labute approximate surface area is 185 Å². The quantitative estimate of drug-likeness (QED) is 0.556. The fraction of sp³-hybridized carbons (Fsp3) is 0.391. The van der Waals surface area contributed by atoms with Gasteiger partial charge in [-0.15, -0.1) is 0 Å². The van der Waals surface area contributed by atoms with Crippen LogP contribution in [0.2, 0.25) is 10.0 Å². The second-order valence-electron chi connectivity index (χ2n) is 7.93. The van der Waals surface area contributed by atoms with E-state index >= 15 is 0 Å². The van der Waals surface area contributed by atoms with Crippen molar-refractivity contribution in [2.24, 2.45) is 11.1 Å². The largest absolute Gasteiger partial charge is 0.390 e. The van der Waals surface area contributed by atoms with Gasteiger partial charge in [-0.05, 0) is 42.7 Å². The van der Waals surface area contributed by atoms with Gasteiger partial charge in [-0.1, -0.05) is 59.4 Å². The summed E-state index contributed by atoms with van der Waals surface area (Å²) in [6, 6.07) is 11.7. The third-order valence-corrected chi connectivity index (χ3v) is 6.45. The van der Waals surface area contributed by atoms with E-state index in [2.05, 4.69) is 5.16 Å². The van der Waals surface area contributed by atoms with Crippen LogP contribution in [0.5, 0.6) is 0 Å². The van der Waals surface area contributed by atoms with Crippen molar-refractivity contribution in [3.8, 4) is 0 Å². The van der Waals surface area contributed by atoms with Gasteiger partial charge < -0.3 is 9.74 Å². The Balaban J connectivity index is 1.45. The van der Waals surface area contributed by atoms with Crippen molar-refractivity contribution >= 4 is 34.8 Å². The summed E-state index contributed by atoms with van der Waals surface area (Å²) in [5.41, 5.74) is 2.54. The zero-order valence-electron chi connectivity index (χ0n) is 16.5. The summed E-state index contributed by atoms with van der Waals surface area (Å²) >= 11 is 12.1. The number of amides is 1. The van der Waals surface area contributed by atoms with E-state index in [9.17, 15) is 9.18 Å². The predicted molar refractivity (Wildman–Crippen MR) is 116 cm³/mol. The van der Waals surface area contributed by atoms with Gasteiger partial charge in [0, 0.05) is 24.4 Å². The van der Waals surface area contributed by atoms with Crippen LogP contribution in [-0.4, -0.2) is 29.2 Å². The molecule has 0 bridgehead atoms. The highest BCUT2D eigenvalue weighted by molar-refractivity contribution is 6.42. The van der Waals surface area contributed by atoms with Gasteiger partial charge in [-0.3, -0.25) is 4.79 Å². The lowest BCUT2D eigenvalue weighted by Gasteiger charge is -2.27. The van der Waals surface area contributed by atoms with E-state index in [1.54, 1.807) is 24.3 Å². The van der Waals surface area contributed by atoms with Crippen LogP contribution in [0.1, 0.15) is 43.2 Å². The molecule has 2 aromatic rings. The third kappa shape index (κ3) is 4.96. The summed E-state index contributed by atoms with van der Waals surface area (Å²) in [5.74, 6) is -0.0862. The van der Waals surface area contributed by atoms with Crippen LogP contribution in [0.3, 0.4) is 0 Å². The highest BCUT2D eigenvalue weighted by Gasteiger charge is 2.31. The van der Waals surface area contributed by atoms with Gasteiger partial charge in [0.05, 0.1) is 22.3 Å². The van der Waals surface area contributed by atoms with Gasteiger partial charge in [-0.25, -0.2) is 4.39 Å². The number of hydrogen-bond acceptors (Lipinski definition) is 3. The van der Waals surface area contributed by atoms with Crippen molar-refractivity contribution in [1.82, 2.24) is 4.90 Å². The molecule has 1 aliphatic heterocycles. The van der Waals surface area contributed by atoms with Gasteiger partial charge >= 0.3 is 0 Å². The van der Waals surface area contributed by atoms with Gasteiger partial charge in [0.25, 0.3) is 0 Å². The standard InChI is InChI=1S/C23H23Cl2FN2O2/c24-20-10-7-17(11-21(20)25)22-12-19(30-27-22)14-28(23(29)16-3-1-2-4-16)13-15-5-8-18(26)9-6-15/h5-11,16,19H,1-4,12-14H2/t19-/m1/s1. The van der Waals surface area contributed by atoms with E-state index in [1.807, 2.05) is 11.0 Å². The molecule has 1 atom stereocenters. The number of hydrogen-bond donors (Lipinski definition) is 0. The van der Waals surface area contributed by atoms with Crippen LogP contribution in [0.15, 0.2) is 47.6 Å². The van der Waals surface area contributed by atoms with Crippen molar-refractivity contribution < 1.29 is 14.0 Å². The van der Waals surface area contributed by atoms with Crippen LogP contribution < -0.4 is 0 Å². The van der Waals surface area contributed by atoms with E-state index in [0.717, 1.165) is 42.5 Å². The Kier molecular flexibility index (Phi) is 6.59. The highest BCUT2D eigenvalue weighted by atomic mass is 35.5. The first-order chi connectivity index (χ1) is 14.5. The summed E-state index contributed by atoms with van der Waals surface area (Å²) in [6.07, 6.45) is 4.37. The Bertz CT molecular complexity index is 943. The molecule has 0 radical (unpaired) electrons.